The van der Waals surface area contributed by atoms with Gasteiger partial charge in [-0.05, 0) is 19.9 Å². The molecule has 0 aromatic carbocycles. The Morgan fingerprint density at radius 1 is 1.71 bits per heavy atom. The summed E-state index contributed by atoms with van der Waals surface area (Å²) in [6, 6.07) is 0. The second kappa shape index (κ2) is 6.21. The van der Waals surface area contributed by atoms with Crippen molar-refractivity contribution in [1.82, 2.24) is 10.3 Å². The first-order chi connectivity index (χ1) is 6.86. The summed E-state index contributed by atoms with van der Waals surface area (Å²) in [5.41, 5.74) is 0.853. The van der Waals surface area contributed by atoms with E-state index < -0.39 is 0 Å². The normalized spacial score (nSPS) is 10.1. The number of hydrogen-bond donors (Lipinski definition) is 1. The number of unbranched alkanes of at least 4 members (excludes halogenated alkanes) is 1. The Hall–Kier alpha value is -1.29. The summed E-state index contributed by atoms with van der Waals surface area (Å²) in [4.78, 5) is 4.12. The van der Waals surface area contributed by atoms with Gasteiger partial charge in [-0.1, -0.05) is 6.08 Å². The summed E-state index contributed by atoms with van der Waals surface area (Å²) in [7, 11) is 1.86. The number of hydrogen-bond acceptors (Lipinski definition) is 4. The Balaban J connectivity index is 2.25. The first kappa shape index (κ1) is 10.8. The van der Waals surface area contributed by atoms with Crippen molar-refractivity contribution in [2.45, 2.75) is 19.4 Å². The maximum Gasteiger partial charge on any atom is 0.393 e. The molecule has 1 aromatic heterocycles. The van der Waals surface area contributed by atoms with Gasteiger partial charge in [0.15, 0.2) is 0 Å². The highest BCUT2D eigenvalue weighted by Crippen LogP contribution is 2.10. The largest absolute Gasteiger partial charge is 0.450 e. The van der Waals surface area contributed by atoms with Crippen LogP contribution in [-0.4, -0.2) is 18.6 Å². The first-order valence-corrected chi connectivity index (χ1v) is 4.69. The quantitative estimate of drug-likeness (QED) is 0.533. The van der Waals surface area contributed by atoms with Gasteiger partial charge in [0, 0.05) is 6.54 Å². The summed E-state index contributed by atoms with van der Waals surface area (Å²) in [6.45, 7) is 4.94. The van der Waals surface area contributed by atoms with Gasteiger partial charge < -0.3 is 14.5 Å². The molecule has 0 saturated heterocycles. The molecule has 0 saturated carbocycles. The summed E-state index contributed by atoms with van der Waals surface area (Å²) in [5.74, 6) is 0. The molecule has 4 nitrogen and oxygen atoms in total. The molecule has 0 aliphatic heterocycles. The van der Waals surface area contributed by atoms with Crippen molar-refractivity contribution in [3.8, 4) is 6.08 Å². The highest BCUT2D eigenvalue weighted by atomic mass is 16.6. The standard InChI is InChI=1S/C10H16N2O2/c1-3-4-5-6-13-10-12-9(7-11-2)8-14-10/h3,8,11H,1,4-7H2,2H3. The van der Waals surface area contributed by atoms with Crippen molar-refractivity contribution >= 4 is 0 Å². The van der Waals surface area contributed by atoms with E-state index in [9.17, 15) is 0 Å². The van der Waals surface area contributed by atoms with E-state index in [0.29, 0.717) is 19.2 Å². The van der Waals surface area contributed by atoms with E-state index in [2.05, 4.69) is 16.9 Å². The van der Waals surface area contributed by atoms with Gasteiger partial charge in [-0.15, -0.1) is 6.58 Å². The van der Waals surface area contributed by atoms with E-state index in [4.69, 9.17) is 9.15 Å². The summed E-state index contributed by atoms with van der Waals surface area (Å²) in [5, 5.41) is 2.98. The molecule has 1 heterocycles. The van der Waals surface area contributed by atoms with Crippen LogP contribution in [0.25, 0.3) is 0 Å². The van der Waals surface area contributed by atoms with Crippen LogP contribution < -0.4 is 10.1 Å². The Bertz CT molecular complexity index is 271. The van der Waals surface area contributed by atoms with Crippen LogP contribution in [0, 0.1) is 0 Å². The van der Waals surface area contributed by atoms with Gasteiger partial charge in [0.2, 0.25) is 0 Å². The van der Waals surface area contributed by atoms with E-state index in [1.54, 1.807) is 6.26 Å². The molecule has 78 valence electrons. The highest BCUT2D eigenvalue weighted by molar-refractivity contribution is 4.99. The number of nitrogens with one attached hydrogen (secondary N) is 1. The fraction of sp³-hybridized carbons (Fsp3) is 0.500. The van der Waals surface area contributed by atoms with Crippen molar-refractivity contribution in [2.75, 3.05) is 13.7 Å². The maximum absolute atomic E-state index is 5.28. The lowest BCUT2D eigenvalue weighted by atomic mass is 10.3. The highest BCUT2D eigenvalue weighted by Gasteiger charge is 2.02. The number of allylic oxidation sites excluding steroid dienone is 1. The molecular weight excluding hydrogens is 180 g/mol. The summed E-state index contributed by atoms with van der Waals surface area (Å²) in [6.07, 6.45) is 5.70. The third-order valence-corrected chi connectivity index (χ3v) is 1.67. The van der Waals surface area contributed by atoms with E-state index in [0.717, 1.165) is 18.5 Å². The number of oxazole rings is 1. The van der Waals surface area contributed by atoms with E-state index in [1.807, 2.05) is 13.1 Å². The zero-order chi connectivity index (χ0) is 10.2. The fourth-order valence-electron chi connectivity index (χ4n) is 1.00. The molecular formula is C10H16N2O2. The first-order valence-electron chi connectivity index (χ1n) is 4.69. The SMILES string of the molecule is C=CCCCOc1nc(CNC)co1. The average Bonchev–Trinajstić information content (AvgIpc) is 2.61. The van der Waals surface area contributed by atoms with Crippen LogP contribution in [0.5, 0.6) is 6.08 Å². The number of rotatable bonds is 7. The number of aromatic nitrogens is 1. The molecule has 0 spiro atoms. The van der Waals surface area contributed by atoms with Crippen molar-refractivity contribution in [3.05, 3.63) is 24.6 Å². The minimum Gasteiger partial charge on any atom is -0.450 e. The average molecular weight is 196 g/mol. The van der Waals surface area contributed by atoms with Crippen LogP contribution in [0.2, 0.25) is 0 Å². The van der Waals surface area contributed by atoms with E-state index in [1.165, 1.54) is 0 Å². The molecule has 0 radical (unpaired) electrons. The third-order valence-electron chi connectivity index (χ3n) is 1.67. The minimum absolute atomic E-state index is 0.347. The Kier molecular flexibility index (Phi) is 4.78. The predicted octanol–water partition coefficient (Wildman–Crippen LogP) is 1.74. The lowest BCUT2D eigenvalue weighted by molar-refractivity contribution is 0.227. The predicted molar refractivity (Wildman–Crippen MR) is 54.2 cm³/mol. The molecule has 4 heteroatoms. The van der Waals surface area contributed by atoms with E-state index >= 15 is 0 Å². The Morgan fingerprint density at radius 2 is 2.57 bits per heavy atom. The molecule has 0 aliphatic carbocycles. The van der Waals surface area contributed by atoms with Crippen LogP contribution in [0.1, 0.15) is 18.5 Å². The van der Waals surface area contributed by atoms with Crippen molar-refractivity contribution in [1.29, 1.82) is 0 Å². The lowest BCUT2D eigenvalue weighted by Crippen LogP contribution is -2.05. The van der Waals surface area contributed by atoms with Crippen molar-refractivity contribution in [2.24, 2.45) is 0 Å². The van der Waals surface area contributed by atoms with Crippen molar-refractivity contribution < 1.29 is 9.15 Å². The summed E-state index contributed by atoms with van der Waals surface area (Å²) >= 11 is 0. The molecule has 1 N–H and O–H groups in total. The van der Waals surface area contributed by atoms with E-state index in [-0.39, 0.29) is 0 Å². The minimum atomic E-state index is 0.347. The van der Waals surface area contributed by atoms with Gasteiger partial charge in [0.25, 0.3) is 0 Å². The zero-order valence-corrected chi connectivity index (χ0v) is 8.45. The van der Waals surface area contributed by atoms with Gasteiger partial charge in [0.1, 0.15) is 6.26 Å². The zero-order valence-electron chi connectivity index (χ0n) is 8.45. The van der Waals surface area contributed by atoms with Gasteiger partial charge in [0.05, 0.1) is 12.3 Å². The number of nitrogens with zero attached hydrogens (tertiary/aromatic N) is 1. The second-order valence-corrected chi connectivity index (χ2v) is 2.91. The van der Waals surface area contributed by atoms with Crippen LogP contribution in [0.4, 0.5) is 0 Å². The summed E-state index contributed by atoms with van der Waals surface area (Å²) < 4.78 is 10.4. The molecule has 1 rings (SSSR count). The van der Waals surface area contributed by atoms with Crippen LogP contribution >= 0.6 is 0 Å². The molecule has 0 fully saturated rings. The molecule has 0 amide bonds. The molecule has 0 aliphatic rings. The smallest absolute Gasteiger partial charge is 0.393 e. The third kappa shape index (κ3) is 3.62. The molecule has 14 heavy (non-hydrogen) atoms. The van der Waals surface area contributed by atoms with Crippen LogP contribution in [0.3, 0.4) is 0 Å². The monoisotopic (exact) mass is 196 g/mol. The fourth-order valence-corrected chi connectivity index (χ4v) is 1.00. The molecule has 0 bridgehead atoms. The van der Waals surface area contributed by atoms with Gasteiger partial charge in [-0.2, -0.15) is 4.98 Å². The maximum atomic E-state index is 5.28. The molecule has 1 aromatic rings. The van der Waals surface area contributed by atoms with Gasteiger partial charge in [-0.25, -0.2) is 0 Å². The molecule has 0 unspecified atom stereocenters. The van der Waals surface area contributed by atoms with Gasteiger partial charge in [-0.3, -0.25) is 0 Å². The van der Waals surface area contributed by atoms with Crippen molar-refractivity contribution in [3.63, 3.8) is 0 Å². The lowest BCUT2D eigenvalue weighted by Gasteiger charge is -1.97. The topological polar surface area (TPSA) is 47.3 Å². The number of ether oxygens (including phenoxy) is 1. The second-order valence-electron chi connectivity index (χ2n) is 2.91. The molecule has 0 atom stereocenters. The van der Waals surface area contributed by atoms with Gasteiger partial charge >= 0.3 is 6.08 Å². The Morgan fingerprint density at radius 3 is 3.29 bits per heavy atom. The van der Waals surface area contributed by atoms with Crippen LogP contribution in [0.15, 0.2) is 23.3 Å². The van der Waals surface area contributed by atoms with Crippen LogP contribution in [-0.2, 0) is 6.54 Å². The Labute approximate surface area is 84.0 Å².